The normalized spacial score (nSPS) is 10.8. The Labute approximate surface area is 137 Å². The molecule has 1 amide bonds. The van der Waals surface area contributed by atoms with E-state index in [4.69, 9.17) is 23.2 Å². The van der Waals surface area contributed by atoms with Crippen LogP contribution in [-0.2, 0) is 11.3 Å². The highest BCUT2D eigenvalue weighted by Crippen LogP contribution is 2.17. The number of carbonyl (C=O) groups excluding carboxylic acids is 1. The third-order valence-corrected chi connectivity index (χ3v) is 3.85. The van der Waals surface area contributed by atoms with Crippen molar-refractivity contribution in [3.8, 4) is 0 Å². The van der Waals surface area contributed by atoms with Crippen molar-refractivity contribution in [2.75, 3.05) is 5.32 Å². The van der Waals surface area contributed by atoms with E-state index in [0.29, 0.717) is 11.6 Å². The van der Waals surface area contributed by atoms with E-state index in [1.54, 1.807) is 0 Å². The Hall–Kier alpha value is -1.85. The summed E-state index contributed by atoms with van der Waals surface area (Å²) in [7, 11) is 0. The molecule has 0 saturated heterocycles. The molecule has 0 spiro atoms. The minimum absolute atomic E-state index is 0.0626. The lowest BCUT2D eigenvalue weighted by Crippen LogP contribution is -2.29. The van der Waals surface area contributed by atoms with Crippen molar-refractivity contribution in [1.29, 1.82) is 0 Å². The summed E-state index contributed by atoms with van der Waals surface area (Å²) in [4.78, 5) is 23.8. The predicted molar refractivity (Wildman–Crippen MR) is 87.7 cm³/mol. The highest BCUT2D eigenvalue weighted by Gasteiger charge is 2.11. The summed E-state index contributed by atoms with van der Waals surface area (Å²) in [6, 6.07) is 7.53. The number of rotatable bonds is 4. The molecule has 116 valence electrons. The Bertz CT molecular complexity index is 739. The Balaban J connectivity index is 2.07. The number of benzene rings is 1. The molecule has 2 aromatic rings. The number of halogens is 2. The van der Waals surface area contributed by atoms with Gasteiger partial charge >= 0.3 is 0 Å². The van der Waals surface area contributed by atoms with Crippen LogP contribution in [0.3, 0.4) is 0 Å². The predicted octanol–water partition coefficient (Wildman–Crippen LogP) is 3.31. The number of amides is 1. The van der Waals surface area contributed by atoms with Crippen molar-refractivity contribution in [1.82, 2.24) is 9.78 Å². The number of carbonyl (C=O) groups is 1. The minimum Gasteiger partial charge on any atom is -0.324 e. The molecule has 0 fully saturated rings. The lowest BCUT2D eigenvalue weighted by atomic mass is 10.0. The van der Waals surface area contributed by atoms with Gasteiger partial charge in [-0.05, 0) is 23.6 Å². The lowest BCUT2D eigenvalue weighted by molar-refractivity contribution is -0.117. The highest BCUT2D eigenvalue weighted by atomic mass is 35.5. The van der Waals surface area contributed by atoms with Gasteiger partial charge in [-0.25, -0.2) is 4.68 Å². The van der Waals surface area contributed by atoms with Gasteiger partial charge in [-0.3, -0.25) is 9.59 Å². The van der Waals surface area contributed by atoms with Crippen molar-refractivity contribution < 1.29 is 4.79 Å². The van der Waals surface area contributed by atoms with Gasteiger partial charge in [0, 0.05) is 5.69 Å². The summed E-state index contributed by atoms with van der Waals surface area (Å²) < 4.78 is 0.964. The van der Waals surface area contributed by atoms with E-state index in [0.717, 1.165) is 4.68 Å². The van der Waals surface area contributed by atoms with Gasteiger partial charge < -0.3 is 5.32 Å². The van der Waals surface area contributed by atoms with Crippen LogP contribution in [0.25, 0.3) is 0 Å². The lowest BCUT2D eigenvalue weighted by Gasteiger charge is -2.09. The van der Waals surface area contributed by atoms with Gasteiger partial charge in [-0.2, -0.15) is 5.10 Å². The van der Waals surface area contributed by atoms with Gasteiger partial charge in [0.15, 0.2) is 0 Å². The fraction of sp³-hybridized carbons (Fsp3) is 0.267. The van der Waals surface area contributed by atoms with E-state index >= 15 is 0 Å². The van der Waals surface area contributed by atoms with Crippen molar-refractivity contribution in [2.45, 2.75) is 26.3 Å². The van der Waals surface area contributed by atoms with Gasteiger partial charge in [0.1, 0.15) is 11.6 Å². The number of nitrogens with one attached hydrogen (secondary N) is 1. The van der Waals surface area contributed by atoms with Crippen LogP contribution in [0.2, 0.25) is 10.0 Å². The summed E-state index contributed by atoms with van der Waals surface area (Å²) in [6.45, 7) is 3.95. The van der Waals surface area contributed by atoms with Gasteiger partial charge in [0.2, 0.25) is 5.91 Å². The molecule has 7 heteroatoms. The smallest absolute Gasteiger partial charge is 0.287 e. The average Bonchev–Trinajstić information content (AvgIpc) is 2.48. The molecule has 0 aliphatic rings. The molecule has 0 aliphatic heterocycles. The number of hydrogen-bond acceptors (Lipinski definition) is 3. The van der Waals surface area contributed by atoms with Crippen LogP contribution < -0.4 is 10.9 Å². The standard InChI is InChI=1S/C15H15Cl2N3O2/c1-9(2)10-3-5-11(6-4-10)19-13(21)8-20-15(22)14(17)12(16)7-18-20/h3-7,9H,8H2,1-2H3,(H,19,21). The first-order valence-corrected chi connectivity index (χ1v) is 7.45. The largest absolute Gasteiger partial charge is 0.324 e. The fourth-order valence-corrected chi connectivity index (χ4v) is 2.12. The van der Waals surface area contributed by atoms with Crippen molar-refractivity contribution in [3.05, 3.63) is 56.4 Å². The summed E-state index contributed by atoms with van der Waals surface area (Å²) >= 11 is 11.4. The quantitative estimate of drug-likeness (QED) is 0.929. The second-order valence-electron chi connectivity index (χ2n) is 5.09. The molecule has 5 nitrogen and oxygen atoms in total. The van der Waals surface area contributed by atoms with Crippen LogP contribution in [0.1, 0.15) is 25.3 Å². The summed E-state index contributed by atoms with van der Waals surface area (Å²) in [5.41, 5.74) is 1.24. The first kappa shape index (κ1) is 16.5. The molecule has 0 radical (unpaired) electrons. The maximum absolute atomic E-state index is 12.0. The van der Waals surface area contributed by atoms with Crippen LogP contribution in [0, 0.1) is 0 Å². The Morgan fingerprint density at radius 2 is 1.91 bits per heavy atom. The zero-order chi connectivity index (χ0) is 16.3. The molecule has 1 aromatic carbocycles. The van der Waals surface area contributed by atoms with E-state index in [-0.39, 0.29) is 22.5 Å². The van der Waals surface area contributed by atoms with Gasteiger partial charge in [0.25, 0.3) is 5.56 Å². The zero-order valence-corrected chi connectivity index (χ0v) is 13.6. The summed E-state index contributed by atoms with van der Waals surface area (Å²) in [5, 5.41) is 6.40. The van der Waals surface area contributed by atoms with E-state index in [1.165, 1.54) is 11.8 Å². The minimum atomic E-state index is -0.598. The molecule has 0 bridgehead atoms. The van der Waals surface area contributed by atoms with Crippen LogP contribution in [0.15, 0.2) is 35.3 Å². The second kappa shape index (κ2) is 6.94. The maximum Gasteiger partial charge on any atom is 0.287 e. The second-order valence-corrected chi connectivity index (χ2v) is 5.88. The molecule has 1 N–H and O–H groups in total. The highest BCUT2D eigenvalue weighted by molar-refractivity contribution is 6.41. The van der Waals surface area contributed by atoms with Gasteiger partial charge in [-0.1, -0.05) is 49.2 Å². The summed E-state index contributed by atoms with van der Waals surface area (Å²) in [5.74, 6) is 0.0500. The van der Waals surface area contributed by atoms with E-state index in [9.17, 15) is 9.59 Å². The van der Waals surface area contributed by atoms with Crippen molar-refractivity contribution in [3.63, 3.8) is 0 Å². The monoisotopic (exact) mass is 339 g/mol. The van der Waals surface area contributed by atoms with Crippen molar-refractivity contribution >= 4 is 34.8 Å². The molecule has 0 atom stereocenters. The Morgan fingerprint density at radius 3 is 2.50 bits per heavy atom. The topological polar surface area (TPSA) is 64.0 Å². The van der Waals surface area contributed by atoms with Gasteiger partial charge in [0.05, 0.1) is 11.2 Å². The third kappa shape index (κ3) is 3.87. The van der Waals surface area contributed by atoms with E-state index < -0.39 is 5.56 Å². The SMILES string of the molecule is CC(C)c1ccc(NC(=O)Cn2ncc(Cl)c(Cl)c2=O)cc1. The molecule has 1 aromatic heterocycles. The van der Waals surface area contributed by atoms with Crippen LogP contribution in [-0.4, -0.2) is 15.7 Å². The van der Waals surface area contributed by atoms with Gasteiger partial charge in [-0.15, -0.1) is 0 Å². The molecule has 0 unspecified atom stereocenters. The number of nitrogens with zero attached hydrogens (tertiary/aromatic N) is 2. The average molecular weight is 340 g/mol. The molecule has 0 saturated carbocycles. The first-order chi connectivity index (χ1) is 10.4. The summed E-state index contributed by atoms with van der Waals surface area (Å²) in [6.07, 6.45) is 1.23. The number of aromatic nitrogens is 2. The maximum atomic E-state index is 12.0. The Morgan fingerprint density at radius 1 is 1.27 bits per heavy atom. The first-order valence-electron chi connectivity index (χ1n) is 6.69. The number of hydrogen-bond donors (Lipinski definition) is 1. The molecule has 1 heterocycles. The van der Waals surface area contributed by atoms with Crippen LogP contribution in [0.4, 0.5) is 5.69 Å². The van der Waals surface area contributed by atoms with Crippen LogP contribution >= 0.6 is 23.2 Å². The van der Waals surface area contributed by atoms with E-state index in [2.05, 4.69) is 24.3 Å². The molecule has 2 rings (SSSR count). The Kier molecular flexibility index (Phi) is 5.21. The molecular formula is C15H15Cl2N3O2. The van der Waals surface area contributed by atoms with E-state index in [1.807, 2.05) is 24.3 Å². The molecule has 0 aliphatic carbocycles. The third-order valence-electron chi connectivity index (χ3n) is 3.10. The number of anilines is 1. The fourth-order valence-electron chi connectivity index (χ4n) is 1.85. The molecular weight excluding hydrogens is 325 g/mol. The van der Waals surface area contributed by atoms with Crippen LogP contribution in [0.5, 0.6) is 0 Å². The zero-order valence-electron chi connectivity index (χ0n) is 12.1. The molecule has 22 heavy (non-hydrogen) atoms. The van der Waals surface area contributed by atoms with Crippen molar-refractivity contribution in [2.24, 2.45) is 0 Å².